The molecule has 1 aliphatic rings. The Morgan fingerprint density at radius 1 is 1.78 bits per heavy atom. The number of nitrogens with one attached hydrogen (secondary N) is 1. The molecule has 3 N–H and O–H groups in total. The van der Waals surface area contributed by atoms with E-state index < -0.39 is 10.0 Å². The van der Waals surface area contributed by atoms with Crippen molar-refractivity contribution in [3.63, 3.8) is 0 Å². The molecule has 1 heterocycles. The Labute approximate surface area is 57.7 Å². The second-order valence-corrected chi connectivity index (χ2v) is 4.24. The van der Waals surface area contributed by atoms with E-state index >= 15 is 0 Å². The quantitative estimate of drug-likeness (QED) is 0.509. The van der Waals surface area contributed by atoms with Crippen LogP contribution in [-0.4, -0.2) is 15.0 Å². The fraction of sp³-hybridized carbons (Fsp3) is 0.333. The Morgan fingerprint density at radius 3 is 2.67 bits per heavy atom. The number of hydrogen-bond acceptors (Lipinski definition) is 4. The molecule has 0 atom stereocenters. The van der Waals surface area contributed by atoms with Gasteiger partial charge >= 0.3 is 0 Å². The highest BCUT2D eigenvalue weighted by Crippen LogP contribution is 2.19. The summed E-state index contributed by atoms with van der Waals surface area (Å²) in [5.41, 5.74) is 0. The number of nitrogens with two attached hydrogens (primary N) is 1. The van der Waals surface area contributed by atoms with Crippen molar-refractivity contribution in [3.05, 3.63) is 10.3 Å². The molecule has 0 amide bonds. The molecule has 4 nitrogen and oxygen atoms in total. The summed E-state index contributed by atoms with van der Waals surface area (Å²) in [7, 11) is -3.44. The lowest BCUT2D eigenvalue weighted by molar-refractivity contribution is 0.605. The Bertz CT molecular complexity index is 230. The average molecular weight is 166 g/mol. The van der Waals surface area contributed by atoms with Gasteiger partial charge < -0.3 is 0 Å². The number of primary sulfonamides is 1. The summed E-state index contributed by atoms with van der Waals surface area (Å²) in [5.74, 6) is 0. The normalized spacial score (nSPS) is 19.9. The molecule has 0 aromatic carbocycles. The van der Waals surface area contributed by atoms with Gasteiger partial charge in [0, 0.05) is 6.54 Å². The summed E-state index contributed by atoms with van der Waals surface area (Å²) in [6.07, 6.45) is 1.54. The smallest absolute Gasteiger partial charge is 0.245 e. The summed E-state index contributed by atoms with van der Waals surface area (Å²) < 4.78 is 23.9. The minimum Gasteiger partial charge on any atom is -0.255 e. The van der Waals surface area contributed by atoms with Crippen LogP contribution in [0.5, 0.6) is 0 Å². The van der Waals surface area contributed by atoms with E-state index in [1.54, 1.807) is 6.08 Å². The zero-order chi connectivity index (χ0) is 6.91. The molecule has 52 valence electrons. The second-order valence-electron chi connectivity index (χ2n) is 1.52. The number of rotatable bonds is 1. The van der Waals surface area contributed by atoms with Crippen LogP contribution >= 0.6 is 11.9 Å². The first kappa shape index (κ1) is 7.07. The maximum absolute atomic E-state index is 10.5. The minimum absolute atomic E-state index is 0.211. The number of sulfonamides is 1. The highest BCUT2D eigenvalue weighted by molar-refractivity contribution is 8.17. The van der Waals surface area contributed by atoms with Crippen molar-refractivity contribution >= 4 is 22.0 Å². The van der Waals surface area contributed by atoms with E-state index in [-0.39, 0.29) is 4.24 Å². The molecule has 6 heteroatoms. The van der Waals surface area contributed by atoms with Crippen molar-refractivity contribution in [1.29, 1.82) is 0 Å². The van der Waals surface area contributed by atoms with Crippen LogP contribution in [0.1, 0.15) is 0 Å². The first-order valence-electron chi connectivity index (χ1n) is 2.23. The van der Waals surface area contributed by atoms with Crippen molar-refractivity contribution in [1.82, 2.24) is 4.72 Å². The Hall–Kier alpha value is -0.0400. The lowest BCUT2D eigenvalue weighted by Crippen LogP contribution is -2.11. The maximum Gasteiger partial charge on any atom is 0.245 e. The zero-order valence-corrected chi connectivity index (χ0v) is 6.13. The summed E-state index contributed by atoms with van der Waals surface area (Å²) in [6, 6.07) is 0. The van der Waals surface area contributed by atoms with Crippen LogP contribution in [0.25, 0.3) is 0 Å². The highest BCUT2D eigenvalue weighted by Gasteiger charge is 2.15. The molecule has 0 spiro atoms. The van der Waals surface area contributed by atoms with Gasteiger partial charge in [-0.1, -0.05) is 0 Å². The highest BCUT2D eigenvalue weighted by atomic mass is 32.3. The van der Waals surface area contributed by atoms with E-state index in [1.807, 2.05) is 0 Å². The molecule has 0 aromatic heterocycles. The van der Waals surface area contributed by atoms with Crippen LogP contribution in [0.3, 0.4) is 0 Å². The number of hydrogen-bond donors (Lipinski definition) is 2. The van der Waals surface area contributed by atoms with Gasteiger partial charge in [0.05, 0.1) is 0 Å². The van der Waals surface area contributed by atoms with E-state index in [9.17, 15) is 8.42 Å². The third kappa shape index (κ3) is 1.68. The van der Waals surface area contributed by atoms with Crippen LogP contribution in [-0.2, 0) is 10.0 Å². The molecule has 0 fully saturated rings. The van der Waals surface area contributed by atoms with E-state index in [1.165, 1.54) is 0 Å². The predicted molar refractivity (Wildman–Crippen MR) is 36.8 cm³/mol. The van der Waals surface area contributed by atoms with Crippen LogP contribution in [0.15, 0.2) is 10.3 Å². The first-order valence-corrected chi connectivity index (χ1v) is 4.59. The van der Waals surface area contributed by atoms with E-state index in [0.29, 0.717) is 6.54 Å². The van der Waals surface area contributed by atoms with Crippen LogP contribution in [0.2, 0.25) is 0 Å². The molecule has 1 aliphatic heterocycles. The maximum atomic E-state index is 10.5. The molecule has 1 rings (SSSR count). The van der Waals surface area contributed by atoms with Crippen LogP contribution < -0.4 is 9.86 Å². The summed E-state index contributed by atoms with van der Waals surface area (Å²) in [4.78, 5) is 0. The molecule has 0 aliphatic carbocycles. The van der Waals surface area contributed by atoms with E-state index in [0.717, 1.165) is 11.9 Å². The zero-order valence-electron chi connectivity index (χ0n) is 4.49. The van der Waals surface area contributed by atoms with Gasteiger partial charge in [0.25, 0.3) is 0 Å². The topological polar surface area (TPSA) is 72.2 Å². The van der Waals surface area contributed by atoms with Gasteiger partial charge in [-0.25, -0.2) is 13.6 Å². The van der Waals surface area contributed by atoms with Crippen molar-refractivity contribution in [2.75, 3.05) is 6.54 Å². The minimum atomic E-state index is -3.44. The molecule has 0 saturated heterocycles. The SMILES string of the molecule is NS(=O)(=O)C1=CCNS1. The van der Waals surface area contributed by atoms with Gasteiger partial charge in [-0.15, -0.1) is 0 Å². The standard InChI is InChI=1S/C3H6N2O2S2/c4-9(6,7)3-1-2-5-8-3/h1,5H,2H2,(H2,4,6,7). The van der Waals surface area contributed by atoms with E-state index in [2.05, 4.69) is 4.72 Å². The third-order valence-electron chi connectivity index (χ3n) is 0.805. The molecule has 0 saturated carbocycles. The fourth-order valence-corrected chi connectivity index (χ4v) is 1.89. The van der Waals surface area contributed by atoms with Crippen molar-refractivity contribution in [3.8, 4) is 0 Å². The molecule has 0 radical (unpaired) electrons. The average Bonchev–Trinajstić information content (AvgIpc) is 2.08. The van der Waals surface area contributed by atoms with Gasteiger partial charge in [-0.2, -0.15) is 0 Å². The lowest BCUT2D eigenvalue weighted by Gasteiger charge is -1.92. The second kappa shape index (κ2) is 2.30. The summed E-state index contributed by atoms with van der Waals surface area (Å²) in [6.45, 7) is 0.566. The van der Waals surface area contributed by atoms with Crippen molar-refractivity contribution in [2.24, 2.45) is 5.14 Å². The van der Waals surface area contributed by atoms with Gasteiger partial charge in [-0.3, -0.25) is 4.72 Å². The van der Waals surface area contributed by atoms with Gasteiger partial charge in [-0.05, 0) is 18.0 Å². The van der Waals surface area contributed by atoms with Crippen molar-refractivity contribution in [2.45, 2.75) is 0 Å². The monoisotopic (exact) mass is 166 g/mol. The largest absolute Gasteiger partial charge is 0.255 e. The lowest BCUT2D eigenvalue weighted by atomic mass is 10.7. The summed E-state index contributed by atoms with van der Waals surface area (Å²) in [5, 5.41) is 4.78. The van der Waals surface area contributed by atoms with Crippen molar-refractivity contribution < 1.29 is 8.42 Å². The van der Waals surface area contributed by atoms with Gasteiger partial charge in [0.15, 0.2) is 0 Å². The molecule has 0 aromatic rings. The Kier molecular flexibility index (Phi) is 1.80. The molecule has 9 heavy (non-hydrogen) atoms. The molecular weight excluding hydrogens is 160 g/mol. The van der Waals surface area contributed by atoms with Crippen LogP contribution in [0.4, 0.5) is 0 Å². The van der Waals surface area contributed by atoms with Gasteiger partial charge in [0.1, 0.15) is 4.24 Å². The Morgan fingerprint density at radius 2 is 2.44 bits per heavy atom. The Balaban J connectivity index is 2.87. The molecule has 0 bridgehead atoms. The van der Waals surface area contributed by atoms with Crippen LogP contribution in [0, 0.1) is 0 Å². The third-order valence-corrected chi connectivity index (χ3v) is 3.16. The van der Waals surface area contributed by atoms with E-state index in [4.69, 9.17) is 5.14 Å². The molecular formula is C3H6N2O2S2. The first-order chi connectivity index (χ1) is 4.11. The molecule has 0 unspecified atom stereocenters. The fourth-order valence-electron chi connectivity index (χ4n) is 0.454. The summed E-state index contributed by atoms with van der Waals surface area (Å²) >= 11 is 1.05. The predicted octanol–water partition coefficient (Wildman–Crippen LogP) is -0.632. The van der Waals surface area contributed by atoms with Gasteiger partial charge in [0.2, 0.25) is 10.0 Å².